The van der Waals surface area contributed by atoms with E-state index in [0.29, 0.717) is 5.56 Å². The fraction of sp³-hybridized carbons (Fsp3) is 0.562. The molecule has 0 aliphatic heterocycles. The number of hydrogen-bond acceptors (Lipinski definition) is 3. The van der Waals surface area contributed by atoms with Crippen LogP contribution in [0.5, 0.6) is 0 Å². The van der Waals surface area contributed by atoms with E-state index in [1.165, 1.54) is 6.07 Å². The molecule has 1 saturated carbocycles. The molecule has 0 radical (unpaired) electrons. The summed E-state index contributed by atoms with van der Waals surface area (Å²) in [5, 5.41) is 3.04. The molecule has 0 bridgehead atoms. The monoisotopic (exact) mass is 309 g/mol. The molecule has 1 aromatic carbocycles. The summed E-state index contributed by atoms with van der Waals surface area (Å²) in [7, 11) is -3.30. The lowest BCUT2D eigenvalue weighted by Crippen LogP contribution is -2.34. The zero-order valence-electron chi connectivity index (χ0n) is 13.1. The van der Waals surface area contributed by atoms with Crippen LogP contribution in [0.4, 0.5) is 0 Å². The van der Waals surface area contributed by atoms with Crippen molar-refractivity contribution in [3.8, 4) is 0 Å². The minimum absolute atomic E-state index is 0.175. The van der Waals surface area contributed by atoms with Crippen LogP contribution in [0, 0.1) is 12.3 Å². The van der Waals surface area contributed by atoms with E-state index in [-0.39, 0.29) is 22.3 Å². The summed E-state index contributed by atoms with van der Waals surface area (Å²) in [6, 6.07) is 4.87. The summed E-state index contributed by atoms with van der Waals surface area (Å²) in [5.41, 5.74) is 1.50. The van der Waals surface area contributed by atoms with Gasteiger partial charge in [-0.15, -0.1) is 0 Å². The van der Waals surface area contributed by atoms with Crippen LogP contribution in [0.3, 0.4) is 0 Å². The van der Waals surface area contributed by atoms with E-state index >= 15 is 0 Å². The van der Waals surface area contributed by atoms with Crippen molar-refractivity contribution in [2.24, 2.45) is 5.41 Å². The Hall–Kier alpha value is -1.36. The maximum Gasteiger partial charge on any atom is 0.251 e. The highest BCUT2D eigenvalue weighted by atomic mass is 32.2. The number of aryl methyl sites for hydroxylation is 1. The Bertz CT molecular complexity index is 662. The summed E-state index contributed by atoms with van der Waals surface area (Å²) in [6.45, 7) is 6.23. The molecule has 1 amide bonds. The number of nitrogens with one attached hydrogen (secondary N) is 1. The first-order valence-corrected chi connectivity index (χ1v) is 9.09. The van der Waals surface area contributed by atoms with E-state index < -0.39 is 9.84 Å². The van der Waals surface area contributed by atoms with Crippen molar-refractivity contribution >= 4 is 15.7 Å². The molecule has 0 heterocycles. The van der Waals surface area contributed by atoms with Gasteiger partial charge in [0.15, 0.2) is 9.84 Å². The highest BCUT2D eigenvalue weighted by Crippen LogP contribution is 2.37. The topological polar surface area (TPSA) is 63.2 Å². The highest BCUT2D eigenvalue weighted by Gasteiger charge is 2.32. The van der Waals surface area contributed by atoms with Gasteiger partial charge in [-0.05, 0) is 49.3 Å². The van der Waals surface area contributed by atoms with Gasteiger partial charge in [-0.1, -0.05) is 19.9 Å². The van der Waals surface area contributed by atoms with E-state index in [4.69, 9.17) is 0 Å². The zero-order valence-corrected chi connectivity index (χ0v) is 13.9. The van der Waals surface area contributed by atoms with Crippen molar-refractivity contribution in [2.45, 2.75) is 51.0 Å². The molecule has 1 atom stereocenters. The second-order valence-corrected chi connectivity index (χ2v) is 8.84. The first-order valence-electron chi connectivity index (χ1n) is 7.20. The lowest BCUT2D eigenvalue weighted by Gasteiger charge is -2.18. The zero-order chi connectivity index (χ0) is 15.8. The fourth-order valence-electron chi connectivity index (χ4n) is 2.90. The number of amides is 1. The summed E-state index contributed by atoms with van der Waals surface area (Å²) in [6.07, 6.45) is 4.19. The van der Waals surface area contributed by atoms with Gasteiger partial charge in [0.25, 0.3) is 5.91 Å². The molecule has 1 N–H and O–H groups in total. The average Bonchev–Trinajstić information content (AvgIpc) is 2.67. The van der Waals surface area contributed by atoms with Gasteiger partial charge in [-0.3, -0.25) is 4.79 Å². The van der Waals surface area contributed by atoms with Crippen molar-refractivity contribution in [3.63, 3.8) is 0 Å². The molecule has 1 aliphatic rings. The van der Waals surface area contributed by atoms with Crippen molar-refractivity contribution < 1.29 is 13.2 Å². The molecule has 1 fully saturated rings. The number of carbonyl (C=O) groups is 1. The van der Waals surface area contributed by atoms with Gasteiger partial charge >= 0.3 is 0 Å². The SMILES string of the molecule is Cc1ccc(S(C)(=O)=O)cc1C(=O)NC1CCC(C)(C)C1. The number of hydrogen-bond donors (Lipinski definition) is 1. The van der Waals surface area contributed by atoms with Crippen LogP contribution in [0.1, 0.15) is 49.0 Å². The Kier molecular flexibility index (Phi) is 4.15. The van der Waals surface area contributed by atoms with Crippen LogP contribution in [0.15, 0.2) is 23.1 Å². The van der Waals surface area contributed by atoms with Crippen LogP contribution < -0.4 is 5.32 Å². The second-order valence-electron chi connectivity index (χ2n) is 6.83. The molecule has 0 saturated heterocycles. The van der Waals surface area contributed by atoms with Gasteiger partial charge < -0.3 is 5.32 Å². The van der Waals surface area contributed by atoms with E-state index in [2.05, 4.69) is 19.2 Å². The van der Waals surface area contributed by atoms with Crippen molar-refractivity contribution in [2.75, 3.05) is 6.26 Å². The molecule has 1 unspecified atom stereocenters. The van der Waals surface area contributed by atoms with Gasteiger partial charge in [0.2, 0.25) is 0 Å². The maximum atomic E-state index is 12.4. The highest BCUT2D eigenvalue weighted by molar-refractivity contribution is 7.90. The third-order valence-corrected chi connectivity index (χ3v) is 5.30. The normalized spacial score (nSPS) is 21.2. The fourth-order valence-corrected chi connectivity index (χ4v) is 3.55. The number of sulfone groups is 1. The lowest BCUT2D eigenvalue weighted by molar-refractivity contribution is 0.0935. The van der Waals surface area contributed by atoms with Gasteiger partial charge in [0.05, 0.1) is 4.90 Å². The molecule has 4 nitrogen and oxygen atoms in total. The second kappa shape index (κ2) is 5.44. The van der Waals surface area contributed by atoms with Gasteiger partial charge in [0.1, 0.15) is 0 Å². The average molecular weight is 309 g/mol. The van der Waals surface area contributed by atoms with E-state index in [9.17, 15) is 13.2 Å². The Morgan fingerprint density at radius 1 is 1.33 bits per heavy atom. The smallest absolute Gasteiger partial charge is 0.251 e. The minimum atomic E-state index is -3.30. The molecule has 0 spiro atoms. The van der Waals surface area contributed by atoms with Crippen molar-refractivity contribution in [1.82, 2.24) is 5.32 Å². The van der Waals surface area contributed by atoms with Gasteiger partial charge in [-0.2, -0.15) is 0 Å². The summed E-state index contributed by atoms with van der Waals surface area (Å²) in [5.74, 6) is -0.180. The molecular weight excluding hydrogens is 286 g/mol. The standard InChI is InChI=1S/C16H23NO3S/c1-11-5-6-13(21(4,19)20)9-14(11)15(18)17-12-7-8-16(2,3)10-12/h5-6,9,12H,7-8,10H2,1-4H3,(H,17,18). The van der Waals surface area contributed by atoms with Crippen LogP contribution in [0.25, 0.3) is 0 Å². The summed E-state index contributed by atoms with van der Waals surface area (Å²) < 4.78 is 23.2. The maximum absolute atomic E-state index is 12.4. The third kappa shape index (κ3) is 3.84. The largest absolute Gasteiger partial charge is 0.349 e. The molecule has 21 heavy (non-hydrogen) atoms. The minimum Gasteiger partial charge on any atom is -0.349 e. The molecule has 116 valence electrons. The van der Waals surface area contributed by atoms with Gasteiger partial charge in [0, 0.05) is 17.9 Å². The number of benzene rings is 1. The first-order chi connectivity index (χ1) is 9.58. The predicted octanol–water partition coefficient (Wildman–Crippen LogP) is 2.71. The molecule has 5 heteroatoms. The van der Waals surface area contributed by atoms with Crippen LogP contribution in [-0.4, -0.2) is 26.6 Å². The van der Waals surface area contributed by atoms with Crippen LogP contribution >= 0.6 is 0 Å². The quantitative estimate of drug-likeness (QED) is 0.933. The number of rotatable bonds is 3. The van der Waals surface area contributed by atoms with E-state index in [0.717, 1.165) is 31.1 Å². The molecule has 0 aromatic heterocycles. The Labute approximate surface area is 126 Å². The Morgan fingerprint density at radius 2 is 2.00 bits per heavy atom. The molecular formula is C16H23NO3S. The summed E-state index contributed by atoms with van der Waals surface area (Å²) in [4.78, 5) is 12.6. The van der Waals surface area contributed by atoms with Crippen LogP contribution in [-0.2, 0) is 9.84 Å². The van der Waals surface area contributed by atoms with Crippen molar-refractivity contribution in [3.05, 3.63) is 29.3 Å². The van der Waals surface area contributed by atoms with E-state index in [1.54, 1.807) is 12.1 Å². The molecule has 1 aromatic rings. The molecule has 2 rings (SSSR count). The van der Waals surface area contributed by atoms with Crippen LogP contribution in [0.2, 0.25) is 0 Å². The van der Waals surface area contributed by atoms with Crippen molar-refractivity contribution in [1.29, 1.82) is 0 Å². The third-order valence-electron chi connectivity index (χ3n) is 4.19. The van der Waals surface area contributed by atoms with Gasteiger partial charge in [-0.25, -0.2) is 8.42 Å². The number of carbonyl (C=O) groups excluding carboxylic acids is 1. The Balaban J connectivity index is 2.20. The lowest BCUT2D eigenvalue weighted by atomic mass is 9.92. The predicted molar refractivity (Wildman–Crippen MR) is 83.2 cm³/mol. The Morgan fingerprint density at radius 3 is 2.52 bits per heavy atom. The first kappa shape index (κ1) is 16.0. The van der Waals surface area contributed by atoms with E-state index in [1.807, 2.05) is 6.92 Å². The molecule has 1 aliphatic carbocycles. The summed E-state index contributed by atoms with van der Waals surface area (Å²) >= 11 is 0.